The van der Waals surface area contributed by atoms with Crippen molar-refractivity contribution in [1.29, 1.82) is 0 Å². The van der Waals surface area contributed by atoms with Crippen LogP contribution in [0.1, 0.15) is 24.8 Å². The highest BCUT2D eigenvalue weighted by molar-refractivity contribution is 5.17. The maximum atomic E-state index is 13.2. The second-order valence-corrected chi connectivity index (χ2v) is 5.55. The molecule has 1 aromatic carbocycles. The highest BCUT2D eigenvalue weighted by Crippen LogP contribution is 2.25. The molecule has 0 aromatic heterocycles. The van der Waals surface area contributed by atoms with Crippen LogP contribution in [0.15, 0.2) is 24.3 Å². The molecule has 19 heavy (non-hydrogen) atoms. The highest BCUT2D eigenvalue weighted by Gasteiger charge is 2.19. The molecule has 0 saturated carbocycles. The van der Waals surface area contributed by atoms with Crippen LogP contribution in [0, 0.1) is 17.7 Å². The average molecular weight is 265 g/mol. The Kier molecular flexibility index (Phi) is 5.80. The van der Waals surface area contributed by atoms with Crippen LogP contribution < -0.4 is 5.32 Å². The van der Waals surface area contributed by atoms with Crippen LogP contribution in [0.2, 0.25) is 0 Å². The Morgan fingerprint density at radius 3 is 2.84 bits per heavy atom. The summed E-state index contributed by atoms with van der Waals surface area (Å²) in [5.41, 5.74) is 1.10. The third-order valence-corrected chi connectivity index (χ3v) is 3.91. The Bertz CT molecular complexity index is 377. The quantitative estimate of drug-likeness (QED) is 0.853. The van der Waals surface area contributed by atoms with E-state index in [0.717, 1.165) is 37.7 Å². The van der Waals surface area contributed by atoms with Gasteiger partial charge in [0.1, 0.15) is 5.82 Å². The minimum Gasteiger partial charge on any atom is -0.381 e. The molecule has 106 valence electrons. The van der Waals surface area contributed by atoms with Gasteiger partial charge in [0.2, 0.25) is 0 Å². The SMILES string of the molecule is CNCC(Cc1cccc(F)c1)CC1CCOCC1. The first-order chi connectivity index (χ1) is 9.28. The van der Waals surface area contributed by atoms with E-state index in [1.807, 2.05) is 13.1 Å². The standard InChI is InChI=1S/C16H24FNO/c1-18-12-15(9-13-5-7-19-8-6-13)10-14-3-2-4-16(17)11-14/h2-4,11,13,15,18H,5-10,12H2,1H3. The number of rotatable bonds is 6. The van der Waals surface area contributed by atoms with E-state index in [1.165, 1.54) is 25.3 Å². The number of hydrogen-bond donors (Lipinski definition) is 1. The van der Waals surface area contributed by atoms with Gasteiger partial charge < -0.3 is 10.1 Å². The summed E-state index contributed by atoms with van der Waals surface area (Å²) in [5, 5.41) is 3.27. The molecule has 0 amide bonds. The van der Waals surface area contributed by atoms with Gasteiger partial charge in [-0.15, -0.1) is 0 Å². The Morgan fingerprint density at radius 2 is 2.16 bits per heavy atom. The number of ether oxygens (including phenoxy) is 1. The summed E-state index contributed by atoms with van der Waals surface area (Å²) < 4.78 is 18.6. The van der Waals surface area contributed by atoms with Crippen molar-refractivity contribution in [1.82, 2.24) is 5.32 Å². The van der Waals surface area contributed by atoms with Gasteiger partial charge in [0.25, 0.3) is 0 Å². The zero-order chi connectivity index (χ0) is 13.5. The first kappa shape index (κ1) is 14.5. The topological polar surface area (TPSA) is 21.3 Å². The molecule has 0 bridgehead atoms. The van der Waals surface area contributed by atoms with Crippen LogP contribution in [0.4, 0.5) is 4.39 Å². The normalized spacial score (nSPS) is 18.4. The number of benzene rings is 1. The summed E-state index contributed by atoms with van der Waals surface area (Å²) in [7, 11) is 1.99. The minimum atomic E-state index is -0.133. The lowest BCUT2D eigenvalue weighted by molar-refractivity contribution is 0.0586. The van der Waals surface area contributed by atoms with E-state index in [4.69, 9.17) is 4.74 Å². The van der Waals surface area contributed by atoms with Crippen LogP contribution in [0.3, 0.4) is 0 Å². The number of hydrogen-bond acceptors (Lipinski definition) is 2. The zero-order valence-corrected chi connectivity index (χ0v) is 11.7. The van der Waals surface area contributed by atoms with Gasteiger partial charge in [-0.05, 0) is 68.8 Å². The van der Waals surface area contributed by atoms with Crippen molar-refractivity contribution in [2.24, 2.45) is 11.8 Å². The molecule has 1 unspecified atom stereocenters. The monoisotopic (exact) mass is 265 g/mol. The highest BCUT2D eigenvalue weighted by atomic mass is 19.1. The van der Waals surface area contributed by atoms with Gasteiger partial charge >= 0.3 is 0 Å². The first-order valence-corrected chi connectivity index (χ1v) is 7.24. The van der Waals surface area contributed by atoms with E-state index in [9.17, 15) is 4.39 Å². The molecule has 1 N–H and O–H groups in total. The van der Waals surface area contributed by atoms with E-state index < -0.39 is 0 Å². The molecule has 1 aliphatic heterocycles. The van der Waals surface area contributed by atoms with Gasteiger partial charge in [0.15, 0.2) is 0 Å². The summed E-state index contributed by atoms with van der Waals surface area (Å²) in [5.74, 6) is 1.21. The van der Waals surface area contributed by atoms with E-state index in [2.05, 4.69) is 5.32 Å². The number of nitrogens with one attached hydrogen (secondary N) is 1. The third-order valence-electron chi connectivity index (χ3n) is 3.91. The molecular formula is C16H24FNO. The van der Waals surface area contributed by atoms with Crippen molar-refractivity contribution in [3.63, 3.8) is 0 Å². The molecule has 1 aromatic rings. The van der Waals surface area contributed by atoms with Crippen LogP contribution in [0.25, 0.3) is 0 Å². The summed E-state index contributed by atoms with van der Waals surface area (Å²) in [6, 6.07) is 6.99. The largest absolute Gasteiger partial charge is 0.381 e. The van der Waals surface area contributed by atoms with Crippen LogP contribution in [0.5, 0.6) is 0 Å². The van der Waals surface area contributed by atoms with Gasteiger partial charge in [-0.3, -0.25) is 0 Å². The fourth-order valence-corrected chi connectivity index (χ4v) is 2.98. The maximum Gasteiger partial charge on any atom is 0.123 e. The molecule has 0 radical (unpaired) electrons. The smallest absolute Gasteiger partial charge is 0.123 e. The summed E-state index contributed by atoms with van der Waals surface area (Å²) in [4.78, 5) is 0. The molecule has 1 fully saturated rings. The second kappa shape index (κ2) is 7.61. The van der Waals surface area contributed by atoms with Crippen LogP contribution >= 0.6 is 0 Å². The zero-order valence-electron chi connectivity index (χ0n) is 11.7. The second-order valence-electron chi connectivity index (χ2n) is 5.55. The van der Waals surface area contributed by atoms with Gasteiger partial charge in [-0.2, -0.15) is 0 Å². The van der Waals surface area contributed by atoms with E-state index in [0.29, 0.717) is 5.92 Å². The fourth-order valence-electron chi connectivity index (χ4n) is 2.98. The molecule has 2 nitrogen and oxygen atoms in total. The van der Waals surface area contributed by atoms with Crippen molar-refractivity contribution < 1.29 is 9.13 Å². The predicted molar refractivity (Wildman–Crippen MR) is 75.7 cm³/mol. The molecule has 0 aliphatic carbocycles. The van der Waals surface area contributed by atoms with Gasteiger partial charge in [0, 0.05) is 13.2 Å². The maximum absolute atomic E-state index is 13.2. The average Bonchev–Trinajstić information content (AvgIpc) is 2.40. The molecular weight excluding hydrogens is 241 g/mol. The third kappa shape index (κ3) is 4.92. The summed E-state index contributed by atoms with van der Waals surface area (Å²) >= 11 is 0. The van der Waals surface area contributed by atoms with E-state index >= 15 is 0 Å². The minimum absolute atomic E-state index is 0.133. The Labute approximate surface area is 115 Å². The van der Waals surface area contributed by atoms with Gasteiger partial charge in [0.05, 0.1) is 0 Å². The molecule has 3 heteroatoms. The fraction of sp³-hybridized carbons (Fsp3) is 0.625. The van der Waals surface area contributed by atoms with Crippen molar-refractivity contribution in [2.75, 3.05) is 26.8 Å². The Hall–Kier alpha value is -0.930. The predicted octanol–water partition coefficient (Wildman–Crippen LogP) is 3.02. The summed E-state index contributed by atoms with van der Waals surface area (Å²) in [6.07, 6.45) is 4.50. The lowest BCUT2D eigenvalue weighted by Crippen LogP contribution is -2.26. The van der Waals surface area contributed by atoms with E-state index in [1.54, 1.807) is 12.1 Å². The molecule has 1 aliphatic rings. The summed E-state index contributed by atoms with van der Waals surface area (Å²) in [6.45, 7) is 2.79. The Morgan fingerprint density at radius 1 is 1.37 bits per heavy atom. The molecule has 0 spiro atoms. The van der Waals surface area contributed by atoms with Crippen molar-refractivity contribution >= 4 is 0 Å². The van der Waals surface area contributed by atoms with Crippen molar-refractivity contribution in [3.8, 4) is 0 Å². The van der Waals surface area contributed by atoms with Crippen molar-refractivity contribution in [3.05, 3.63) is 35.6 Å². The lowest BCUT2D eigenvalue weighted by atomic mass is 9.85. The van der Waals surface area contributed by atoms with Gasteiger partial charge in [-0.25, -0.2) is 4.39 Å². The number of halogens is 1. The Balaban J connectivity index is 1.91. The van der Waals surface area contributed by atoms with E-state index in [-0.39, 0.29) is 5.82 Å². The van der Waals surface area contributed by atoms with Crippen LogP contribution in [-0.4, -0.2) is 26.8 Å². The molecule has 1 heterocycles. The van der Waals surface area contributed by atoms with Crippen LogP contribution in [-0.2, 0) is 11.2 Å². The van der Waals surface area contributed by atoms with Gasteiger partial charge in [-0.1, -0.05) is 12.1 Å². The molecule has 1 saturated heterocycles. The first-order valence-electron chi connectivity index (χ1n) is 7.24. The molecule has 2 rings (SSSR count). The van der Waals surface area contributed by atoms with Crippen molar-refractivity contribution in [2.45, 2.75) is 25.7 Å². The molecule has 1 atom stereocenters. The lowest BCUT2D eigenvalue weighted by Gasteiger charge is -2.26.